The summed E-state index contributed by atoms with van der Waals surface area (Å²) in [6.07, 6.45) is 0. The van der Waals surface area contributed by atoms with Crippen molar-refractivity contribution in [2.45, 2.75) is 20.4 Å². The lowest BCUT2D eigenvalue weighted by Crippen LogP contribution is -2.20. The molecular formula is C16H17FN4O. The van der Waals surface area contributed by atoms with Gasteiger partial charge in [-0.2, -0.15) is 10.4 Å². The van der Waals surface area contributed by atoms with Crippen LogP contribution >= 0.6 is 0 Å². The largest absolute Gasteiger partial charge is 0.494 e. The lowest BCUT2D eigenvalue weighted by Gasteiger charge is -2.20. The summed E-state index contributed by atoms with van der Waals surface area (Å²) in [6, 6.07) is 6.93. The van der Waals surface area contributed by atoms with Crippen LogP contribution in [0.1, 0.15) is 22.4 Å². The van der Waals surface area contributed by atoms with Crippen LogP contribution in [0.5, 0.6) is 5.75 Å². The summed E-state index contributed by atoms with van der Waals surface area (Å²) in [7, 11) is 3.22. The molecule has 22 heavy (non-hydrogen) atoms. The summed E-state index contributed by atoms with van der Waals surface area (Å²) in [6.45, 7) is 4.06. The van der Waals surface area contributed by atoms with Gasteiger partial charge in [-0.25, -0.2) is 4.39 Å². The quantitative estimate of drug-likeness (QED) is 0.869. The minimum Gasteiger partial charge on any atom is -0.494 e. The third-order valence-electron chi connectivity index (χ3n) is 3.55. The second kappa shape index (κ2) is 6.39. The molecule has 0 bridgehead atoms. The van der Waals surface area contributed by atoms with E-state index in [-0.39, 0.29) is 5.75 Å². The smallest absolute Gasteiger partial charge is 0.169 e. The number of anilines is 1. The molecule has 0 aliphatic carbocycles. The predicted molar refractivity (Wildman–Crippen MR) is 81.3 cm³/mol. The number of aryl methyl sites for hydroxylation is 1. The van der Waals surface area contributed by atoms with Crippen LogP contribution in [0.2, 0.25) is 0 Å². The van der Waals surface area contributed by atoms with Crippen molar-refractivity contribution >= 4 is 5.82 Å². The van der Waals surface area contributed by atoms with Gasteiger partial charge < -0.3 is 9.64 Å². The van der Waals surface area contributed by atoms with Gasteiger partial charge in [0, 0.05) is 13.6 Å². The highest BCUT2D eigenvalue weighted by Crippen LogP contribution is 2.23. The number of rotatable bonds is 4. The minimum atomic E-state index is -0.417. The maximum atomic E-state index is 13.7. The van der Waals surface area contributed by atoms with Crippen molar-refractivity contribution in [3.05, 3.63) is 46.4 Å². The van der Waals surface area contributed by atoms with Gasteiger partial charge in [0.2, 0.25) is 0 Å². The van der Waals surface area contributed by atoms with Gasteiger partial charge in [0.1, 0.15) is 11.6 Å². The van der Waals surface area contributed by atoms with Crippen LogP contribution in [0, 0.1) is 31.0 Å². The Morgan fingerprint density at radius 3 is 2.64 bits per heavy atom. The van der Waals surface area contributed by atoms with Crippen LogP contribution in [0.25, 0.3) is 0 Å². The molecule has 0 atom stereocenters. The fourth-order valence-corrected chi connectivity index (χ4v) is 2.15. The van der Waals surface area contributed by atoms with Crippen molar-refractivity contribution in [1.29, 1.82) is 5.26 Å². The minimum absolute atomic E-state index is 0.204. The van der Waals surface area contributed by atoms with Gasteiger partial charge in [-0.05, 0) is 37.1 Å². The average Bonchev–Trinajstić information content (AvgIpc) is 2.50. The third kappa shape index (κ3) is 2.98. The van der Waals surface area contributed by atoms with Crippen LogP contribution in [0.3, 0.4) is 0 Å². The Hall–Kier alpha value is -2.68. The Morgan fingerprint density at radius 1 is 1.32 bits per heavy atom. The summed E-state index contributed by atoms with van der Waals surface area (Å²) in [5.74, 6) is 0.275. The van der Waals surface area contributed by atoms with E-state index in [2.05, 4.69) is 16.3 Å². The van der Waals surface area contributed by atoms with E-state index in [4.69, 9.17) is 4.74 Å². The molecule has 1 heterocycles. The molecule has 0 amide bonds. The first-order valence-corrected chi connectivity index (χ1v) is 6.75. The van der Waals surface area contributed by atoms with E-state index < -0.39 is 5.82 Å². The Kier molecular flexibility index (Phi) is 4.56. The van der Waals surface area contributed by atoms with Crippen LogP contribution in [0.15, 0.2) is 18.2 Å². The second-order valence-corrected chi connectivity index (χ2v) is 5.05. The van der Waals surface area contributed by atoms with Gasteiger partial charge in [-0.3, -0.25) is 0 Å². The molecule has 0 fully saturated rings. The van der Waals surface area contributed by atoms with Crippen LogP contribution in [-0.4, -0.2) is 24.4 Å². The van der Waals surface area contributed by atoms with E-state index in [1.165, 1.54) is 13.2 Å². The van der Waals surface area contributed by atoms with Crippen LogP contribution < -0.4 is 9.64 Å². The standard InChI is InChI=1S/C16H17FN4O/c1-10-11(2)19-20-16(13(10)8-18)21(3)9-12-5-6-15(22-4)14(17)7-12/h5-7H,9H2,1-4H3. The van der Waals surface area contributed by atoms with Gasteiger partial charge in [-0.15, -0.1) is 5.10 Å². The van der Waals surface area contributed by atoms with E-state index in [1.807, 2.05) is 13.8 Å². The maximum Gasteiger partial charge on any atom is 0.169 e. The number of aromatic nitrogens is 2. The highest BCUT2D eigenvalue weighted by Gasteiger charge is 2.15. The predicted octanol–water partition coefficient (Wildman–Crippen LogP) is 2.75. The van der Waals surface area contributed by atoms with Crippen molar-refractivity contribution in [2.24, 2.45) is 0 Å². The Bertz CT molecular complexity index is 740. The molecule has 1 aromatic heterocycles. The SMILES string of the molecule is COc1ccc(CN(C)c2nnc(C)c(C)c2C#N)cc1F. The first-order valence-electron chi connectivity index (χ1n) is 6.75. The molecule has 1 aromatic carbocycles. The van der Waals surface area contributed by atoms with Gasteiger partial charge in [0.15, 0.2) is 17.4 Å². The number of benzene rings is 1. The average molecular weight is 300 g/mol. The summed E-state index contributed by atoms with van der Waals surface area (Å²) in [5, 5.41) is 17.5. The highest BCUT2D eigenvalue weighted by atomic mass is 19.1. The third-order valence-corrected chi connectivity index (χ3v) is 3.55. The molecule has 2 rings (SSSR count). The monoisotopic (exact) mass is 300 g/mol. The van der Waals surface area contributed by atoms with Gasteiger partial charge in [-0.1, -0.05) is 6.07 Å². The molecule has 2 aromatic rings. The van der Waals surface area contributed by atoms with Gasteiger partial charge in [0.05, 0.1) is 12.8 Å². The molecule has 0 unspecified atom stereocenters. The molecule has 5 nitrogen and oxygen atoms in total. The topological polar surface area (TPSA) is 62.0 Å². The number of nitrogens with zero attached hydrogens (tertiary/aromatic N) is 4. The van der Waals surface area contributed by atoms with E-state index in [1.54, 1.807) is 24.1 Å². The second-order valence-electron chi connectivity index (χ2n) is 5.05. The number of hydrogen-bond acceptors (Lipinski definition) is 5. The van der Waals surface area contributed by atoms with Crippen LogP contribution in [0.4, 0.5) is 10.2 Å². The molecule has 0 aliphatic rings. The lowest BCUT2D eigenvalue weighted by molar-refractivity contribution is 0.386. The highest BCUT2D eigenvalue weighted by molar-refractivity contribution is 5.57. The fraction of sp³-hybridized carbons (Fsp3) is 0.312. The van der Waals surface area contributed by atoms with Gasteiger partial charge >= 0.3 is 0 Å². The zero-order valence-electron chi connectivity index (χ0n) is 13.0. The van der Waals surface area contributed by atoms with Crippen molar-refractivity contribution in [1.82, 2.24) is 10.2 Å². The number of hydrogen-bond donors (Lipinski definition) is 0. The Labute approximate surface area is 129 Å². The number of halogens is 1. The van der Waals surface area contributed by atoms with Gasteiger partial charge in [0.25, 0.3) is 0 Å². The van der Waals surface area contributed by atoms with E-state index in [9.17, 15) is 9.65 Å². The van der Waals surface area contributed by atoms with Crippen molar-refractivity contribution < 1.29 is 9.13 Å². The van der Waals surface area contributed by atoms with E-state index >= 15 is 0 Å². The normalized spacial score (nSPS) is 10.2. The van der Waals surface area contributed by atoms with Crippen molar-refractivity contribution in [3.63, 3.8) is 0 Å². The van der Waals surface area contributed by atoms with E-state index in [0.717, 1.165) is 16.8 Å². The molecular weight excluding hydrogens is 283 g/mol. The zero-order valence-corrected chi connectivity index (χ0v) is 13.0. The summed E-state index contributed by atoms with van der Waals surface area (Å²) >= 11 is 0. The first kappa shape index (κ1) is 15.7. The zero-order chi connectivity index (χ0) is 16.3. The number of methoxy groups -OCH3 is 1. The maximum absolute atomic E-state index is 13.7. The summed E-state index contributed by atoms with van der Waals surface area (Å²) in [4.78, 5) is 1.78. The summed E-state index contributed by atoms with van der Waals surface area (Å²) < 4.78 is 18.6. The molecule has 0 N–H and O–H groups in total. The first-order chi connectivity index (χ1) is 10.5. The number of nitriles is 1. The van der Waals surface area contributed by atoms with Crippen molar-refractivity contribution in [2.75, 3.05) is 19.1 Å². The molecule has 0 radical (unpaired) electrons. The van der Waals surface area contributed by atoms with Crippen LogP contribution in [-0.2, 0) is 6.54 Å². The molecule has 114 valence electrons. The molecule has 0 saturated heterocycles. The molecule has 0 aliphatic heterocycles. The summed E-state index contributed by atoms with van der Waals surface area (Å²) in [5.41, 5.74) is 2.78. The number of ether oxygens (including phenoxy) is 1. The lowest BCUT2D eigenvalue weighted by atomic mass is 10.1. The molecule has 0 saturated carbocycles. The molecule has 0 spiro atoms. The molecule has 6 heteroatoms. The van der Waals surface area contributed by atoms with E-state index in [0.29, 0.717) is 17.9 Å². The Balaban J connectivity index is 2.30. The fourth-order valence-electron chi connectivity index (χ4n) is 2.15. The Morgan fingerprint density at radius 2 is 2.05 bits per heavy atom. The van der Waals surface area contributed by atoms with Crippen molar-refractivity contribution in [3.8, 4) is 11.8 Å².